The molecule has 2 N–H and O–H groups in total. The maximum atomic E-state index is 12.5. The zero-order chi connectivity index (χ0) is 15.6. The third kappa shape index (κ3) is 3.61. The van der Waals surface area contributed by atoms with Crippen LogP contribution in [0.4, 0.5) is 5.69 Å². The topological polar surface area (TPSA) is 69.4 Å². The Balaban J connectivity index is 2.45. The average Bonchev–Trinajstić information content (AvgIpc) is 2.43. The minimum absolute atomic E-state index is 0.0119. The van der Waals surface area contributed by atoms with Crippen molar-refractivity contribution >= 4 is 38.7 Å². The highest BCUT2D eigenvalue weighted by atomic mass is 35.5. The van der Waals surface area contributed by atoms with Crippen molar-refractivity contribution in [1.82, 2.24) is 0 Å². The molecule has 4 nitrogen and oxygen atoms in total. The van der Waals surface area contributed by atoms with Crippen molar-refractivity contribution in [3.05, 3.63) is 52.0 Å². The van der Waals surface area contributed by atoms with Gasteiger partial charge in [-0.3, -0.25) is 0 Å². The summed E-state index contributed by atoms with van der Waals surface area (Å²) in [7, 11) is -2.21. The van der Waals surface area contributed by atoms with E-state index in [2.05, 4.69) is 0 Å². The number of sulfone groups is 1. The molecule has 0 amide bonds. The van der Waals surface area contributed by atoms with Gasteiger partial charge in [0.1, 0.15) is 5.75 Å². The molecule has 2 rings (SSSR count). The lowest BCUT2D eigenvalue weighted by molar-refractivity contribution is 0.413. The Morgan fingerprint density at radius 1 is 1.14 bits per heavy atom. The van der Waals surface area contributed by atoms with Crippen molar-refractivity contribution in [3.63, 3.8) is 0 Å². The molecular formula is C14H13Cl2NO3S. The van der Waals surface area contributed by atoms with Gasteiger partial charge in [-0.15, -0.1) is 0 Å². The van der Waals surface area contributed by atoms with Crippen LogP contribution in [0.5, 0.6) is 5.75 Å². The van der Waals surface area contributed by atoms with Gasteiger partial charge in [0.2, 0.25) is 0 Å². The lowest BCUT2D eigenvalue weighted by Crippen LogP contribution is -2.08. The van der Waals surface area contributed by atoms with Crippen LogP contribution in [-0.2, 0) is 15.6 Å². The summed E-state index contributed by atoms with van der Waals surface area (Å²) in [4.78, 5) is 0.0119. The number of halogens is 2. The van der Waals surface area contributed by atoms with Crippen LogP contribution in [-0.4, -0.2) is 15.5 Å². The van der Waals surface area contributed by atoms with E-state index in [1.807, 2.05) is 0 Å². The van der Waals surface area contributed by atoms with Gasteiger partial charge in [0.05, 0.1) is 23.4 Å². The molecule has 0 bridgehead atoms. The summed E-state index contributed by atoms with van der Waals surface area (Å²) in [6.07, 6.45) is 0. The van der Waals surface area contributed by atoms with E-state index in [0.29, 0.717) is 21.4 Å². The maximum absolute atomic E-state index is 12.5. The monoisotopic (exact) mass is 345 g/mol. The lowest BCUT2D eigenvalue weighted by atomic mass is 10.2. The van der Waals surface area contributed by atoms with Crippen LogP contribution >= 0.6 is 23.2 Å². The van der Waals surface area contributed by atoms with Gasteiger partial charge < -0.3 is 10.5 Å². The Morgan fingerprint density at radius 2 is 1.86 bits per heavy atom. The summed E-state index contributed by atoms with van der Waals surface area (Å²) >= 11 is 11.9. The van der Waals surface area contributed by atoms with E-state index in [1.54, 1.807) is 18.2 Å². The number of hydrogen-bond donors (Lipinski definition) is 1. The number of nitrogen functional groups attached to an aromatic ring is 1. The zero-order valence-electron chi connectivity index (χ0n) is 11.1. The summed E-state index contributed by atoms with van der Waals surface area (Å²) in [6, 6.07) is 9.16. The zero-order valence-corrected chi connectivity index (χ0v) is 13.5. The van der Waals surface area contributed by atoms with Crippen molar-refractivity contribution in [2.75, 3.05) is 12.8 Å². The number of ether oxygens (including phenoxy) is 1. The molecule has 0 aliphatic carbocycles. The predicted octanol–water partition coefficient (Wildman–Crippen LogP) is 3.56. The standard InChI is InChI=1S/C14H13Cl2NO3S/c1-20-11-3-5-13(17)14(7-11)21(18,19)8-9-6-10(15)2-4-12(9)16/h2-7H,8,17H2,1H3. The van der Waals surface area contributed by atoms with Crippen molar-refractivity contribution in [3.8, 4) is 5.75 Å². The molecule has 7 heteroatoms. The van der Waals surface area contributed by atoms with E-state index in [9.17, 15) is 8.42 Å². The molecule has 2 aromatic rings. The summed E-state index contributed by atoms with van der Waals surface area (Å²) in [5, 5.41) is 0.757. The molecule has 0 aliphatic heterocycles. The maximum Gasteiger partial charge on any atom is 0.184 e. The highest BCUT2D eigenvalue weighted by Gasteiger charge is 2.21. The third-order valence-corrected chi connectivity index (χ3v) is 5.23. The van der Waals surface area contributed by atoms with Crippen molar-refractivity contribution in [1.29, 1.82) is 0 Å². The summed E-state index contributed by atoms with van der Waals surface area (Å²) in [5.74, 6) is 0.129. The van der Waals surface area contributed by atoms with Crippen LogP contribution in [0.2, 0.25) is 10.0 Å². The molecular weight excluding hydrogens is 333 g/mol. The Morgan fingerprint density at radius 3 is 2.52 bits per heavy atom. The smallest absolute Gasteiger partial charge is 0.184 e. The Labute approximate surface area is 133 Å². The lowest BCUT2D eigenvalue weighted by Gasteiger charge is -2.10. The summed E-state index contributed by atoms with van der Waals surface area (Å²) in [6.45, 7) is 0. The second-order valence-corrected chi connectivity index (χ2v) is 7.20. The van der Waals surface area contributed by atoms with E-state index in [0.717, 1.165) is 0 Å². The molecule has 0 aliphatic rings. The molecule has 0 fully saturated rings. The molecule has 112 valence electrons. The first-order valence-electron chi connectivity index (χ1n) is 5.93. The van der Waals surface area contributed by atoms with Gasteiger partial charge in [-0.05, 0) is 35.9 Å². The Bertz CT molecular complexity index is 776. The van der Waals surface area contributed by atoms with Crippen LogP contribution in [0.3, 0.4) is 0 Å². The van der Waals surface area contributed by atoms with Crippen LogP contribution in [0.25, 0.3) is 0 Å². The van der Waals surface area contributed by atoms with E-state index < -0.39 is 9.84 Å². The van der Waals surface area contributed by atoms with Crippen LogP contribution in [0.1, 0.15) is 5.56 Å². The van der Waals surface area contributed by atoms with Crippen LogP contribution in [0.15, 0.2) is 41.3 Å². The molecule has 0 saturated heterocycles. The highest BCUT2D eigenvalue weighted by Crippen LogP contribution is 2.29. The van der Waals surface area contributed by atoms with E-state index in [-0.39, 0.29) is 16.3 Å². The van der Waals surface area contributed by atoms with Gasteiger partial charge in [0.15, 0.2) is 9.84 Å². The minimum atomic E-state index is -3.66. The minimum Gasteiger partial charge on any atom is -0.497 e. The Hall–Kier alpha value is -1.43. The van der Waals surface area contributed by atoms with E-state index in [1.165, 1.54) is 25.3 Å². The van der Waals surface area contributed by atoms with Crippen molar-refractivity contribution in [2.24, 2.45) is 0 Å². The normalized spacial score (nSPS) is 11.4. The van der Waals surface area contributed by atoms with Crippen LogP contribution in [0, 0.1) is 0 Å². The number of rotatable bonds is 4. The molecule has 0 spiro atoms. The molecule has 2 aromatic carbocycles. The van der Waals surface area contributed by atoms with Gasteiger partial charge in [-0.25, -0.2) is 8.42 Å². The first-order chi connectivity index (χ1) is 9.83. The number of methoxy groups -OCH3 is 1. The van der Waals surface area contributed by atoms with Crippen LogP contribution < -0.4 is 10.5 Å². The first kappa shape index (κ1) is 15.9. The largest absolute Gasteiger partial charge is 0.497 e. The molecule has 0 heterocycles. The van der Waals surface area contributed by atoms with E-state index in [4.69, 9.17) is 33.7 Å². The highest BCUT2D eigenvalue weighted by molar-refractivity contribution is 7.90. The third-order valence-electron chi connectivity index (χ3n) is 2.91. The fourth-order valence-electron chi connectivity index (χ4n) is 1.85. The second kappa shape index (κ2) is 6.13. The molecule has 0 saturated carbocycles. The van der Waals surface area contributed by atoms with Gasteiger partial charge >= 0.3 is 0 Å². The summed E-state index contributed by atoms with van der Waals surface area (Å²) < 4.78 is 30.1. The number of anilines is 1. The molecule has 0 aromatic heterocycles. The van der Waals surface area contributed by atoms with Gasteiger partial charge in [0, 0.05) is 16.1 Å². The fourth-order valence-corrected chi connectivity index (χ4v) is 3.83. The SMILES string of the molecule is COc1ccc(N)c(S(=O)(=O)Cc2cc(Cl)ccc2Cl)c1. The van der Waals surface area contributed by atoms with Gasteiger partial charge in [-0.1, -0.05) is 23.2 Å². The van der Waals surface area contributed by atoms with E-state index >= 15 is 0 Å². The second-order valence-electron chi connectivity index (χ2n) is 4.40. The fraction of sp³-hybridized carbons (Fsp3) is 0.143. The van der Waals surface area contributed by atoms with Crippen molar-refractivity contribution in [2.45, 2.75) is 10.6 Å². The van der Waals surface area contributed by atoms with Gasteiger partial charge in [-0.2, -0.15) is 0 Å². The first-order valence-corrected chi connectivity index (χ1v) is 8.34. The molecule has 21 heavy (non-hydrogen) atoms. The number of benzene rings is 2. The average molecular weight is 346 g/mol. The predicted molar refractivity (Wildman–Crippen MR) is 84.8 cm³/mol. The summed E-state index contributed by atoms with van der Waals surface area (Å²) in [5.41, 5.74) is 6.34. The van der Waals surface area contributed by atoms with Crippen molar-refractivity contribution < 1.29 is 13.2 Å². The van der Waals surface area contributed by atoms with Gasteiger partial charge in [0.25, 0.3) is 0 Å². The molecule has 0 atom stereocenters. The number of nitrogens with two attached hydrogens (primary N) is 1. The quantitative estimate of drug-likeness (QED) is 0.860. The Kier molecular flexibility index (Phi) is 4.66. The molecule has 0 radical (unpaired) electrons. The molecule has 0 unspecified atom stereocenters. The number of hydrogen-bond acceptors (Lipinski definition) is 4.